The van der Waals surface area contributed by atoms with Crippen molar-refractivity contribution in [2.24, 2.45) is 5.41 Å². The number of carbonyl (C=O) groups is 2. The van der Waals surface area contributed by atoms with E-state index in [0.717, 1.165) is 0 Å². The SMILES string of the molecule is CC(=O)OC(Br)(Oc1ccc(Cl)cc1)C(=O)C(C)(C)COc1ccccc1. The molecule has 0 spiro atoms. The van der Waals surface area contributed by atoms with E-state index in [1.54, 1.807) is 50.2 Å². The zero-order chi connectivity index (χ0) is 20.1. The molecule has 7 heteroatoms. The van der Waals surface area contributed by atoms with Crippen LogP contribution in [0.2, 0.25) is 5.02 Å². The maximum absolute atomic E-state index is 13.2. The van der Waals surface area contributed by atoms with Crippen molar-refractivity contribution in [1.29, 1.82) is 0 Å². The van der Waals surface area contributed by atoms with E-state index in [9.17, 15) is 9.59 Å². The van der Waals surface area contributed by atoms with Crippen LogP contribution in [0.3, 0.4) is 0 Å². The lowest BCUT2D eigenvalue weighted by molar-refractivity contribution is -0.180. The number of Topliss-reactive ketones (excluding diaryl/α,β-unsaturated/α-hetero) is 1. The maximum atomic E-state index is 13.2. The number of benzene rings is 2. The van der Waals surface area contributed by atoms with Crippen molar-refractivity contribution in [3.63, 3.8) is 0 Å². The third-order valence-electron chi connectivity index (χ3n) is 3.57. The molecule has 0 bridgehead atoms. The number of halogens is 2. The van der Waals surface area contributed by atoms with Crippen LogP contribution in [0.4, 0.5) is 0 Å². The zero-order valence-electron chi connectivity index (χ0n) is 15.2. The second-order valence-electron chi connectivity index (χ2n) is 6.50. The normalized spacial score (nSPS) is 13.4. The summed E-state index contributed by atoms with van der Waals surface area (Å²) in [4.78, 5) is 24.7. The van der Waals surface area contributed by atoms with E-state index >= 15 is 0 Å². The summed E-state index contributed by atoms with van der Waals surface area (Å²) in [5, 5.41) is 0.512. The van der Waals surface area contributed by atoms with Crippen LogP contribution in [0, 0.1) is 5.41 Å². The number of ketones is 1. The van der Waals surface area contributed by atoms with Crippen LogP contribution in [-0.2, 0) is 14.3 Å². The minimum atomic E-state index is -1.99. The molecule has 1 unspecified atom stereocenters. The monoisotopic (exact) mass is 454 g/mol. The molecule has 2 aromatic carbocycles. The Balaban J connectivity index is 2.20. The van der Waals surface area contributed by atoms with Gasteiger partial charge in [0.2, 0.25) is 5.78 Å². The van der Waals surface area contributed by atoms with Gasteiger partial charge in [0.05, 0.1) is 5.41 Å². The summed E-state index contributed by atoms with van der Waals surface area (Å²) in [6.45, 7) is 4.63. The van der Waals surface area contributed by atoms with Crippen molar-refractivity contribution in [3.05, 3.63) is 59.6 Å². The first-order valence-corrected chi connectivity index (χ1v) is 9.35. The fraction of sp³-hybridized carbons (Fsp3) is 0.300. The zero-order valence-corrected chi connectivity index (χ0v) is 17.5. The smallest absolute Gasteiger partial charge is 0.373 e. The van der Waals surface area contributed by atoms with Crippen molar-refractivity contribution in [2.45, 2.75) is 25.5 Å². The molecule has 0 aliphatic heterocycles. The van der Waals surface area contributed by atoms with Crippen molar-refractivity contribution < 1.29 is 23.8 Å². The number of rotatable bonds is 8. The van der Waals surface area contributed by atoms with Crippen molar-refractivity contribution in [3.8, 4) is 11.5 Å². The largest absolute Gasteiger partial charge is 0.493 e. The van der Waals surface area contributed by atoms with Gasteiger partial charge in [0, 0.05) is 27.9 Å². The molecule has 2 rings (SSSR count). The minimum Gasteiger partial charge on any atom is -0.493 e. The van der Waals surface area contributed by atoms with Crippen molar-refractivity contribution >= 4 is 39.3 Å². The first-order chi connectivity index (χ1) is 12.6. The second-order valence-corrected chi connectivity index (χ2v) is 7.98. The van der Waals surface area contributed by atoms with E-state index in [4.69, 9.17) is 25.8 Å². The molecule has 0 aliphatic carbocycles. The highest BCUT2D eigenvalue weighted by molar-refractivity contribution is 9.10. The molecule has 0 amide bonds. The van der Waals surface area contributed by atoms with Gasteiger partial charge in [0.25, 0.3) is 0 Å². The average molecular weight is 456 g/mol. The van der Waals surface area contributed by atoms with Gasteiger partial charge in [-0.15, -0.1) is 0 Å². The van der Waals surface area contributed by atoms with E-state index in [2.05, 4.69) is 15.9 Å². The molecule has 27 heavy (non-hydrogen) atoms. The molecule has 0 radical (unpaired) electrons. The number of hydrogen-bond donors (Lipinski definition) is 0. The predicted octanol–water partition coefficient (Wildman–Crippen LogP) is 5.00. The predicted molar refractivity (Wildman–Crippen MR) is 106 cm³/mol. The molecule has 1 atom stereocenters. The summed E-state index contributed by atoms with van der Waals surface area (Å²) in [6, 6.07) is 15.5. The summed E-state index contributed by atoms with van der Waals surface area (Å²) >= 11 is 9.03. The fourth-order valence-corrected chi connectivity index (χ4v) is 3.28. The lowest BCUT2D eigenvalue weighted by Gasteiger charge is -2.33. The van der Waals surface area contributed by atoms with E-state index in [1.165, 1.54) is 6.92 Å². The Morgan fingerprint density at radius 1 is 1.00 bits per heavy atom. The molecule has 2 aromatic rings. The Morgan fingerprint density at radius 2 is 1.59 bits per heavy atom. The number of carbonyl (C=O) groups excluding carboxylic acids is 2. The van der Waals surface area contributed by atoms with Gasteiger partial charge in [-0.1, -0.05) is 29.8 Å². The van der Waals surface area contributed by atoms with Crippen LogP contribution in [0.1, 0.15) is 20.8 Å². The lowest BCUT2D eigenvalue weighted by Crippen LogP contribution is -2.51. The van der Waals surface area contributed by atoms with Crippen LogP contribution in [-0.4, -0.2) is 23.1 Å². The van der Waals surface area contributed by atoms with Gasteiger partial charge in [0.1, 0.15) is 18.1 Å². The van der Waals surface area contributed by atoms with Crippen molar-refractivity contribution in [2.75, 3.05) is 6.61 Å². The summed E-state index contributed by atoms with van der Waals surface area (Å²) < 4.78 is 14.6. The van der Waals surface area contributed by atoms with E-state index < -0.39 is 21.9 Å². The first kappa shape index (κ1) is 21.3. The van der Waals surface area contributed by atoms with Crippen LogP contribution in [0.15, 0.2) is 54.6 Å². The van der Waals surface area contributed by atoms with Gasteiger partial charge in [-0.2, -0.15) is 0 Å². The Kier molecular flexibility index (Phi) is 6.89. The number of esters is 1. The van der Waals surface area contributed by atoms with Gasteiger partial charge >= 0.3 is 10.7 Å². The molecule has 144 valence electrons. The number of ether oxygens (including phenoxy) is 3. The van der Waals surface area contributed by atoms with Crippen LogP contribution in [0.25, 0.3) is 0 Å². The molecule has 0 N–H and O–H groups in total. The van der Waals surface area contributed by atoms with Crippen molar-refractivity contribution in [1.82, 2.24) is 0 Å². The van der Waals surface area contributed by atoms with E-state index in [1.807, 2.05) is 18.2 Å². The number of hydrogen-bond acceptors (Lipinski definition) is 5. The number of para-hydroxylation sites is 1. The fourth-order valence-electron chi connectivity index (χ4n) is 2.20. The highest BCUT2D eigenvalue weighted by Crippen LogP contribution is 2.35. The second kappa shape index (κ2) is 8.76. The lowest BCUT2D eigenvalue weighted by atomic mass is 9.88. The molecule has 0 saturated carbocycles. The highest BCUT2D eigenvalue weighted by atomic mass is 79.9. The Bertz CT molecular complexity index is 792. The molecule has 5 nitrogen and oxygen atoms in total. The summed E-state index contributed by atoms with van der Waals surface area (Å²) in [5.41, 5.74) is -1.03. The van der Waals surface area contributed by atoms with Gasteiger partial charge in [-0.25, -0.2) is 0 Å². The standard InChI is InChI=1S/C20H20BrClO5/c1-14(23)26-20(21,27-17-11-9-15(22)10-12-17)18(24)19(2,3)13-25-16-7-5-4-6-8-16/h4-12H,13H2,1-3H3. The third-order valence-corrected chi connectivity index (χ3v) is 4.50. The van der Waals surface area contributed by atoms with Crippen LogP contribution < -0.4 is 9.47 Å². The molecule has 0 aliphatic rings. The topological polar surface area (TPSA) is 61.8 Å². The van der Waals surface area contributed by atoms with Gasteiger partial charge in [-0.05, 0) is 50.2 Å². The molecule has 0 saturated heterocycles. The first-order valence-electron chi connectivity index (χ1n) is 8.18. The van der Waals surface area contributed by atoms with E-state index in [0.29, 0.717) is 16.5 Å². The van der Waals surface area contributed by atoms with Gasteiger partial charge in [0.15, 0.2) is 0 Å². The number of alkyl halides is 1. The molecular formula is C20H20BrClO5. The summed E-state index contributed by atoms with van der Waals surface area (Å²) in [7, 11) is 0. The Morgan fingerprint density at radius 3 is 2.15 bits per heavy atom. The van der Waals surface area contributed by atoms with E-state index in [-0.39, 0.29) is 6.61 Å². The quantitative estimate of drug-likeness (QED) is 0.318. The third kappa shape index (κ3) is 5.97. The Hall–Kier alpha value is -2.05. The average Bonchev–Trinajstić information content (AvgIpc) is 2.61. The molecule has 0 fully saturated rings. The van der Waals surface area contributed by atoms with Crippen LogP contribution >= 0.6 is 27.5 Å². The van der Waals surface area contributed by atoms with Gasteiger partial charge in [-0.3, -0.25) is 9.59 Å². The summed E-state index contributed by atoms with van der Waals surface area (Å²) in [6.07, 6.45) is 0. The molecular weight excluding hydrogens is 436 g/mol. The summed E-state index contributed by atoms with van der Waals surface area (Å²) in [5.74, 6) is -0.236. The Labute approximate surface area is 171 Å². The maximum Gasteiger partial charge on any atom is 0.373 e. The molecule has 0 aromatic heterocycles. The minimum absolute atomic E-state index is 0.0639. The van der Waals surface area contributed by atoms with Gasteiger partial charge < -0.3 is 14.2 Å². The van der Waals surface area contributed by atoms with Crippen LogP contribution in [0.5, 0.6) is 11.5 Å². The molecule has 0 heterocycles. The highest BCUT2D eigenvalue weighted by Gasteiger charge is 2.50.